The van der Waals surface area contributed by atoms with Crippen LogP contribution in [-0.2, 0) is 10.2 Å². The fourth-order valence-electron chi connectivity index (χ4n) is 2.60. The molecule has 1 atom stereocenters. The summed E-state index contributed by atoms with van der Waals surface area (Å²) < 4.78 is 6.27. The highest BCUT2D eigenvalue weighted by Gasteiger charge is 2.43. The summed E-state index contributed by atoms with van der Waals surface area (Å²) in [4.78, 5) is 14.0. The molecule has 0 radical (unpaired) electrons. The zero-order chi connectivity index (χ0) is 18.7. The van der Waals surface area contributed by atoms with Gasteiger partial charge in [0.2, 0.25) is 0 Å². The van der Waals surface area contributed by atoms with Gasteiger partial charge in [-0.15, -0.1) is 0 Å². The molecule has 24 heavy (non-hydrogen) atoms. The topological polar surface area (TPSA) is 105 Å². The number of hydrogen-bond acceptors (Lipinski definition) is 5. The summed E-state index contributed by atoms with van der Waals surface area (Å²) in [5.41, 5.74) is 11.4. The molecule has 0 saturated heterocycles. The van der Waals surface area contributed by atoms with Crippen LogP contribution in [0.4, 0.5) is 10.5 Å². The maximum Gasteiger partial charge on any atom is 0.414 e. The Morgan fingerprint density at radius 3 is 2.50 bits per heavy atom. The SMILES string of the molecule is CC(C)(C)OC(=O)N1C[C@@](C)(CN)c2cc(Br)cc(C#N)c21.CN. The molecule has 6 nitrogen and oxygen atoms in total. The largest absolute Gasteiger partial charge is 0.443 e. The first-order valence-electron chi connectivity index (χ1n) is 7.64. The van der Waals surface area contributed by atoms with Crippen LogP contribution in [-0.4, -0.2) is 31.8 Å². The third-order valence-corrected chi connectivity index (χ3v) is 4.14. The predicted molar refractivity (Wildman–Crippen MR) is 99.0 cm³/mol. The van der Waals surface area contributed by atoms with E-state index in [9.17, 15) is 10.1 Å². The monoisotopic (exact) mass is 396 g/mol. The van der Waals surface area contributed by atoms with Crippen molar-refractivity contribution in [2.24, 2.45) is 11.5 Å². The number of carbonyl (C=O) groups excluding carboxylic acids is 1. The third-order valence-electron chi connectivity index (χ3n) is 3.69. The minimum absolute atomic E-state index is 0.376. The first kappa shape index (κ1) is 20.4. The van der Waals surface area contributed by atoms with Crippen LogP contribution in [0.1, 0.15) is 38.8 Å². The van der Waals surface area contributed by atoms with Crippen LogP contribution in [0.5, 0.6) is 0 Å². The molecule has 2 rings (SSSR count). The van der Waals surface area contributed by atoms with Gasteiger partial charge in [-0.1, -0.05) is 22.9 Å². The van der Waals surface area contributed by atoms with Crippen LogP contribution in [0, 0.1) is 11.3 Å². The van der Waals surface area contributed by atoms with Gasteiger partial charge in [-0.25, -0.2) is 4.79 Å². The zero-order valence-electron chi connectivity index (χ0n) is 14.8. The van der Waals surface area contributed by atoms with Crippen LogP contribution in [0.3, 0.4) is 0 Å². The lowest BCUT2D eigenvalue weighted by atomic mass is 9.84. The standard InChI is InChI=1S/C16H20BrN3O2.CH5N/c1-15(2,3)22-14(21)20-9-16(4,8-19)12-6-11(17)5-10(7-18)13(12)20;1-2/h5-6H,8-9,19H2,1-4H3;2H2,1H3/t16-;/m1./s1. The second-order valence-corrected chi connectivity index (χ2v) is 7.71. The van der Waals surface area contributed by atoms with Gasteiger partial charge in [0, 0.05) is 23.0 Å². The highest BCUT2D eigenvalue weighted by atomic mass is 79.9. The van der Waals surface area contributed by atoms with Gasteiger partial charge in [-0.2, -0.15) is 5.26 Å². The number of hydrogen-bond donors (Lipinski definition) is 2. The minimum atomic E-state index is -0.596. The summed E-state index contributed by atoms with van der Waals surface area (Å²) in [6.45, 7) is 8.22. The third kappa shape index (κ3) is 4.07. The van der Waals surface area contributed by atoms with Gasteiger partial charge in [-0.05, 0) is 45.5 Å². The highest BCUT2D eigenvalue weighted by Crippen LogP contribution is 2.44. The molecule has 0 fully saturated rings. The fraction of sp³-hybridized carbons (Fsp3) is 0.529. The predicted octanol–water partition coefficient (Wildman–Crippen LogP) is 2.87. The molecule has 0 unspecified atom stereocenters. The van der Waals surface area contributed by atoms with E-state index in [1.807, 2.05) is 33.8 Å². The summed E-state index contributed by atoms with van der Waals surface area (Å²) in [5.74, 6) is 0. The zero-order valence-corrected chi connectivity index (χ0v) is 16.4. The number of nitrogens with two attached hydrogens (primary N) is 2. The van der Waals surface area contributed by atoms with E-state index in [-0.39, 0.29) is 0 Å². The average Bonchev–Trinajstić information content (AvgIpc) is 2.81. The van der Waals surface area contributed by atoms with Crippen LogP contribution in [0.15, 0.2) is 16.6 Å². The molecular formula is C17H25BrN4O2. The molecule has 1 amide bonds. The molecule has 0 aliphatic carbocycles. The number of rotatable bonds is 1. The Bertz CT molecular complexity index is 664. The summed E-state index contributed by atoms with van der Waals surface area (Å²) in [6.07, 6.45) is -0.454. The van der Waals surface area contributed by atoms with Gasteiger partial charge >= 0.3 is 6.09 Å². The number of carbonyl (C=O) groups is 1. The molecule has 1 aliphatic rings. The minimum Gasteiger partial charge on any atom is -0.443 e. The van der Waals surface area contributed by atoms with Gasteiger partial charge in [0.15, 0.2) is 0 Å². The van der Waals surface area contributed by atoms with Gasteiger partial charge < -0.3 is 16.2 Å². The smallest absolute Gasteiger partial charge is 0.414 e. The van der Waals surface area contributed by atoms with Crippen molar-refractivity contribution in [2.75, 3.05) is 25.0 Å². The lowest BCUT2D eigenvalue weighted by molar-refractivity contribution is 0.0579. The van der Waals surface area contributed by atoms with E-state index in [1.54, 1.807) is 6.07 Å². The van der Waals surface area contributed by atoms with Crippen molar-refractivity contribution in [2.45, 2.75) is 38.7 Å². The molecule has 0 saturated carbocycles. The quantitative estimate of drug-likeness (QED) is 0.758. The van der Waals surface area contributed by atoms with Crippen LogP contribution >= 0.6 is 15.9 Å². The van der Waals surface area contributed by atoms with E-state index in [1.165, 1.54) is 11.9 Å². The van der Waals surface area contributed by atoms with E-state index in [0.29, 0.717) is 24.3 Å². The number of anilines is 1. The first-order chi connectivity index (χ1) is 11.1. The molecule has 0 spiro atoms. The van der Waals surface area contributed by atoms with Crippen molar-refractivity contribution >= 4 is 27.7 Å². The fourth-order valence-corrected chi connectivity index (χ4v) is 3.05. The Morgan fingerprint density at radius 1 is 1.46 bits per heavy atom. The van der Waals surface area contributed by atoms with Crippen LogP contribution in [0.25, 0.3) is 0 Å². The van der Waals surface area contributed by atoms with Crippen molar-refractivity contribution in [3.63, 3.8) is 0 Å². The van der Waals surface area contributed by atoms with Crippen molar-refractivity contribution in [3.05, 3.63) is 27.7 Å². The van der Waals surface area contributed by atoms with Gasteiger partial charge in [0.05, 0.1) is 11.3 Å². The normalized spacial score (nSPS) is 19.0. The van der Waals surface area contributed by atoms with Crippen molar-refractivity contribution in [1.82, 2.24) is 0 Å². The number of nitrogens with zero attached hydrogens (tertiary/aromatic N) is 2. The van der Waals surface area contributed by atoms with E-state index in [0.717, 1.165) is 10.0 Å². The molecule has 7 heteroatoms. The van der Waals surface area contributed by atoms with E-state index in [2.05, 4.69) is 27.7 Å². The Hall–Kier alpha value is -1.62. The summed E-state index contributed by atoms with van der Waals surface area (Å²) in [7, 11) is 1.50. The Labute approximate surface area is 151 Å². The number of benzene rings is 1. The van der Waals surface area contributed by atoms with Crippen molar-refractivity contribution < 1.29 is 9.53 Å². The van der Waals surface area contributed by atoms with Crippen LogP contribution in [0.2, 0.25) is 0 Å². The molecule has 0 bridgehead atoms. The maximum atomic E-state index is 12.5. The molecule has 1 aliphatic heterocycles. The molecule has 1 aromatic carbocycles. The van der Waals surface area contributed by atoms with E-state index >= 15 is 0 Å². The second kappa shape index (κ2) is 7.51. The van der Waals surface area contributed by atoms with E-state index in [4.69, 9.17) is 10.5 Å². The van der Waals surface area contributed by atoms with Crippen LogP contribution < -0.4 is 16.4 Å². The summed E-state index contributed by atoms with van der Waals surface area (Å²) in [5, 5.41) is 9.42. The molecule has 0 aromatic heterocycles. The molecule has 132 valence electrons. The number of halogens is 1. The van der Waals surface area contributed by atoms with Gasteiger partial charge in [-0.3, -0.25) is 4.90 Å². The highest BCUT2D eigenvalue weighted by molar-refractivity contribution is 9.10. The number of amides is 1. The van der Waals surface area contributed by atoms with E-state index < -0.39 is 17.1 Å². The lowest BCUT2D eigenvalue weighted by Gasteiger charge is -2.26. The van der Waals surface area contributed by atoms with Crippen molar-refractivity contribution in [3.8, 4) is 6.07 Å². The van der Waals surface area contributed by atoms with Gasteiger partial charge in [0.1, 0.15) is 11.7 Å². The lowest BCUT2D eigenvalue weighted by Crippen LogP contribution is -2.42. The molecule has 1 heterocycles. The summed E-state index contributed by atoms with van der Waals surface area (Å²) in [6, 6.07) is 5.79. The number of fused-ring (bicyclic) bond motifs is 1. The Morgan fingerprint density at radius 2 is 2.04 bits per heavy atom. The average molecular weight is 397 g/mol. The Kier molecular flexibility index (Phi) is 6.39. The van der Waals surface area contributed by atoms with Crippen molar-refractivity contribution in [1.29, 1.82) is 5.26 Å². The summed E-state index contributed by atoms with van der Waals surface area (Å²) >= 11 is 3.42. The first-order valence-corrected chi connectivity index (χ1v) is 8.43. The second-order valence-electron chi connectivity index (χ2n) is 6.79. The maximum absolute atomic E-state index is 12.5. The Balaban J connectivity index is 0.00000139. The molecule has 4 N–H and O–H groups in total. The van der Waals surface area contributed by atoms with Gasteiger partial charge in [0.25, 0.3) is 0 Å². The number of ether oxygens (including phenoxy) is 1. The molecule has 1 aromatic rings. The molecular weight excluding hydrogens is 372 g/mol. The number of nitriles is 1.